The summed E-state index contributed by atoms with van der Waals surface area (Å²) in [5, 5.41) is 18.9. The largest absolute Gasteiger partial charge is 0.508 e. The van der Waals surface area contributed by atoms with Crippen molar-refractivity contribution in [2.45, 2.75) is 26.0 Å². The van der Waals surface area contributed by atoms with Crippen LogP contribution < -0.4 is 5.73 Å². The zero-order chi connectivity index (χ0) is 10.0. The molecular formula is C10H16BrNO2. The van der Waals surface area contributed by atoms with Crippen LogP contribution in [0.5, 0.6) is 5.75 Å². The third-order valence-corrected chi connectivity index (χ3v) is 2.08. The number of benzene rings is 1. The summed E-state index contributed by atoms with van der Waals surface area (Å²) >= 11 is 0. The standard InChI is InChI=1S/C10H15NO2.BrH/c1-6-3-4-8(12)5-9(6)10(13)7(2)11;/h3-5,7,10,12-13H,11H2,1-2H3;1H. The Morgan fingerprint density at radius 3 is 2.43 bits per heavy atom. The minimum absolute atomic E-state index is 0. The first-order valence-electron chi connectivity index (χ1n) is 4.25. The summed E-state index contributed by atoms with van der Waals surface area (Å²) in [6, 6.07) is 4.56. The lowest BCUT2D eigenvalue weighted by Crippen LogP contribution is -2.24. The minimum atomic E-state index is -0.716. The highest BCUT2D eigenvalue weighted by Gasteiger charge is 2.14. The van der Waals surface area contributed by atoms with Crippen molar-refractivity contribution < 1.29 is 10.2 Å². The fraction of sp³-hybridized carbons (Fsp3) is 0.400. The molecule has 2 unspecified atom stereocenters. The first-order valence-corrected chi connectivity index (χ1v) is 4.25. The maximum absolute atomic E-state index is 9.67. The van der Waals surface area contributed by atoms with Crippen molar-refractivity contribution in [3.05, 3.63) is 29.3 Å². The molecule has 0 saturated heterocycles. The molecule has 4 heteroatoms. The lowest BCUT2D eigenvalue weighted by Gasteiger charge is -2.17. The van der Waals surface area contributed by atoms with Gasteiger partial charge < -0.3 is 15.9 Å². The summed E-state index contributed by atoms with van der Waals surface area (Å²) in [5.74, 6) is 0.153. The molecule has 1 aromatic rings. The second kappa shape index (κ2) is 5.34. The lowest BCUT2D eigenvalue weighted by molar-refractivity contribution is 0.152. The molecule has 0 aliphatic carbocycles. The third kappa shape index (κ3) is 2.97. The third-order valence-electron chi connectivity index (χ3n) is 2.08. The quantitative estimate of drug-likeness (QED) is 0.759. The van der Waals surface area contributed by atoms with Crippen molar-refractivity contribution in [2.24, 2.45) is 5.73 Å². The highest BCUT2D eigenvalue weighted by Crippen LogP contribution is 2.23. The van der Waals surface area contributed by atoms with Gasteiger partial charge in [0.2, 0.25) is 0 Å². The van der Waals surface area contributed by atoms with E-state index in [2.05, 4.69) is 0 Å². The van der Waals surface area contributed by atoms with Crippen molar-refractivity contribution in [3.63, 3.8) is 0 Å². The zero-order valence-electron chi connectivity index (χ0n) is 8.27. The van der Waals surface area contributed by atoms with Crippen molar-refractivity contribution in [2.75, 3.05) is 0 Å². The molecule has 0 aromatic heterocycles. The van der Waals surface area contributed by atoms with Gasteiger partial charge in [-0.1, -0.05) is 6.07 Å². The molecule has 0 amide bonds. The fourth-order valence-electron chi connectivity index (χ4n) is 1.23. The summed E-state index contributed by atoms with van der Waals surface area (Å²) in [6.07, 6.45) is -0.716. The summed E-state index contributed by atoms with van der Waals surface area (Å²) in [7, 11) is 0. The van der Waals surface area contributed by atoms with Crippen LogP contribution in [0.3, 0.4) is 0 Å². The summed E-state index contributed by atoms with van der Waals surface area (Å²) < 4.78 is 0. The molecule has 0 heterocycles. The van der Waals surface area contributed by atoms with Crippen LogP contribution in [0, 0.1) is 6.92 Å². The monoisotopic (exact) mass is 261 g/mol. The molecule has 14 heavy (non-hydrogen) atoms. The predicted octanol–water partition coefficient (Wildman–Crippen LogP) is 1.66. The molecule has 3 nitrogen and oxygen atoms in total. The van der Waals surface area contributed by atoms with E-state index in [0.717, 1.165) is 5.56 Å². The molecule has 4 N–H and O–H groups in total. The van der Waals surface area contributed by atoms with E-state index in [4.69, 9.17) is 5.73 Å². The topological polar surface area (TPSA) is 66.5 Å². The van der Waals surface area contributed by atoms with Gasteiger partial charge in [0, 0.05) is 6.04 Å². The van der Waals surface area contributed by atoms with Crippen molar-refractivity contribution >= 4 is 17.0 Å². The summed E-state index contributed by atoms with van der Waals surface area (Å²) in [6.45, 7) is 3.61. The zero-order valence-corrected chi connectivity index (χ0v) is 9.98. The number of aryl methyl sites for hydroxylation is 1. The number of aromatic hydroxyl groups is 1. The normalized spacial score (nSPS) is 14.3. The first-order chi connectivity index (χ1) is 6.02. The van der Waals surface area contributed by atoms with Crippen molar-refractivity contribution in [3.8, 4) is 5.75 Å². The van der Waals surface area contributed by atoms with Gasteiger partial charge >= 0.3 is 0 Å². The van der Waals surface area contributed by atoms with Crippen LogP contribution in [0.1, 0.15) is 24.2 Å². The molecule has 80 valence electrons. The van der Waals surface area contributed by atoms with Gasteiger partial charge in [-0.3, -0.25) is 0 Å². The van der Waals surface area contributed by atoms with Crippen LogP contribution in [-0.4, -0.2) is 16.3 Å². The van der Waals surface area contributed by atoms with E-state index in [9.17, 15) is 10.2 Å². The highest BCUT2D eigenvalue weighted by molar-refractivity contribution is 8.93. The van der Waals surface area contributed by atoms with Gasteiger partial charge in [0.15, 0.2) is 0 Å². The Balaban J connectivity index is 0.00000169. The van der Waals surface area contributed by atoms with E-state index in [1.807, 2.05) is 6.92 Å². The second-order valence-corrected chi connectivity index (χ2v) is 3.34. The van der Waals surface area contributed by atoms with E-state index in [1.165, 1.54) is 0 Å². The smallest absolute Gasteiger partial charge is 0.115 e. The van der Waals surface area contributed by atoms with Crippen LogP contribution in [-0.2, 0) is 0 Å². The molecule has 2 atom stereocenters. The van der Waals surface area contributed by atoms with Crippen LogP contribution in [0.15, 0.2) is 18.2 Å². The number of rotatable bonds is 2. The Morgan fingerprint density at radius 1 is 1.36 bits per heavy atom. The van der Waals surface area contributed by atoms with Gasteiger partial charge in [0.25, 0.3) is 0 Å². The van der Waals surface area contributed by atoms with Crippen molar-refractivity contribution in [1.82, 2.24) is 0 Å². The summed E-state index contributed by atoms with van der Waals surface area (Å²) in [5.41, 5.74) is 7.18. The number of phenolic OH excluding ortho intramolecular Hbond substituents is 1. The minimum Gasteiger partial charge on any atom is -0.508 e. The molecule has 1 rings (SSSR count). The Labute approximate surface area is 94.3 Å². The molecule has 0 radical (unpaired) electrons. The maximum Gasteiger partial charge on any atom is 0.115 e. The molecule has 0 bridgehead atoms. The molecule has 0 fully saturated rings. The lowest BCUT2D eigenvalue weighted by atomic mass is 9.99. The highest BCUT2D eigenvalue weighted by atomic mass is 79.9. The fourth-order valence-corrected chi connectivity index (χ4v) is 1.23. The molecule has 0 aliphatic rings. The van der Waals surface area contributed by atoms with Gasteiger partial charge in [-0.2, -0.15) is 0 Å². The van der Waals surface area contributed by atoms with E-state index in [0.29, 0.717) is 5.56 Å². The molecule has 0 spiro atoms. The number of hydrogen-bond donors (Lipinski definition) is 3. The molecule has 0 aliphatic heterocycles. The predicted molar refractivity (Wildman–Crippen MR) is 61.8 cm³/mol. The number of aliphatic hydroxyl groups is 1. The Morgan fingerprint density at radius 2 is 1.93 bits per heavy atom. The van der Waals surface area contributed by atoms with Crippen molar-refractivity contribution in [1.29, 1.82) is 0 Å². The van der Waals surface area contributed by atoms with E-state index >= 15 is 0 Å². The number of phenols is 1. The Hall–Kier alpha value is -0.580. The van der Waals surface area contributed by atoms with Gasteiger partial charge in [0.1, 0.15) is 5.75 Å². The van der Waals surface area contributed by atoms with Crippen LogP contribution in [0.2, 0.25) is 0 Å². The average molecular weight is 262 g/mol. The number of aliphatic hydroxyl groups excluding tert-OH is 1. The Bertz CT molecular complexity index is 302. The first kappa shape index (κ1) is 13.4. The average Bonchev–Trinajstić information content (AvgIpc) is 2.08. The molecule has 0 saturated carbocycles. The van der Waals surface area contributed by atoms with Crippen LogP contribution in [0.25, 0.3) is 0 Å². The summed E-state index contributed by atoms with van der Waals surface area (Å²) in [4.78, 5) is 0. The number of hydrogen-bond acceptors (Lipinski definition) is 3. The van der Waals surface area contributed by atoms with Gasteiger partial charge in [-0.05, 0) is 37.1 Å². The van der Waals surface area contributed by atoms with Crippen LogP contribution in [0.4, 0.5) is 0 Å². The molecular weight excluding hydrogens is 246 g/mol. The SMILES string of the molecule is Br.Cc1ccc(O)cc1C(O)C(C)N. The second-order valence-electron chi connectivity index (χ2n) is 3.34. The maximum atomic E-state index is 9.67. The van der Waals surface area contributed by atoms with E-state index in [-0.39, 0.29) is 28.8 Å². The number of nitrogens with two attached hydrogens (primary N) is 1. The Kier molecular flexibility index (Phi) is 5.12. The van der Waals surface area contributed by atoms with Crippen LogP contribution >= 0.6 is 17.0 Å². The molecule has 1 aromatic carbocycles. The van der Waals surface area contributed by atoms with E-state index < -0.39 is 6.10 Å². The van der Waals surface area contributed by atoms with Gasteiger partial charge in [0.05, 0.1) is 6.10 Å². The van der Waals surface area contributed by atoms with Gasteiger partial charge in [-0.25, -0.2) is 0 Å². The van der Waals surface area contributed by atoms with E-state index in [1.54, 1.807) is 25.1 Å². The van der Waals surface area contributed by atoms with Gasteiger partial charge in [-0.15, -0.1) is 17.0 Å². The number of halogens is 1.